The lowest BCUT2D eigenvalue weighted by Gasteiger charge is -2.21. The van der Waals surface area contributed by atoms with Crippen LogP contribution in [0.5, 0.6) is 0 Å². The Morgan fingerprint density at radius 2 is 1.88 bits per heavy atom. The number of aliphatic hydroxyl groups excluding tert-OH is 1. The van der Waals surface area contributed by atoms with Crippen molar-refractivity contribution in [1.82, 2.24) is 0 Å². The van der Waals surface area contributed by atoms with Crippen LogP contribution >= 0.6 is 0 Å². The summed E-state index contributed by atoms with van der Waals surface area (Å²) in [4.78, 5) is 0. The quantitative estimate of drug-likeness (QED) is 0.708. The SMILES string of the molecule is NCC(O)C(N)c1ccc2c(c1)CCCC2. The molecule has 3 nitrogen and oxygen atoms in total. The first-order valence-corrected chi connectivity index (χ1v) is 5.98. The molecule has 0 amide bonds. The molecule has 16 heavy (non-hydrogen) atoms. The first-order valence-electron chi connectivity index (χ1n) is 5.98. The second-order valence-electron chi connectivity index (χ2n) is 4.56. The molecule has 1 aliphatic rings. The van der Waals surface area contributed by atoms with Crippen LogP contribution in [0.25, 0.3) is 0 Å². The summed E-state index contributed by atoms with van der Waals surface area (Å²) in [5, 5.41) is 9.63. The summed E-state index contributed by atoms with van der Waals surface area (Å²) < 4.78 is 0. The minimum absolute atomic E-state index is 0.207. The van der Waals surface area contributed by atoms with Crippen LogP contribution in [0.2, 0.25) is 0 Å². The smallest absolute Gasteiger partial charge is 0.0854 e. The minimum Gasteiger partial charge on any atom is -0.390 e. The number of aliphatic hydroxyl groups is 1. The molecule has 5 N–H and O–H groups in total. The molecule has 0 aliphatic heterocycles. The van der Waals surface area contributed by atoms with Gasteiger partial charge in [0.05, 0.1) is 12.1 Å². The molecule has 0 radical (unpaired) electrons. The van der Waals surface area contributed by atoms with Crippen LogP contribution in [-0.2, 0) is 12.8 Å². The molecule has 0 aromatic heterocycles. The van der Waals surface area contributed by atoms with Crippen molar-refractivity contribution >= 4 is 0 Å². The van der Waals surface area contributed by atoms with E-state index >= 15 is 0 Å². The summed E-state index contributed by atoms with van der Waals surface area (Å²) >= 11 is 0. The van der Waals surface area contributed by atoms with Crippen LogP contribution in [0.15, 0.2) is 18.2 Å². The first kappa shape index (κ1) is 11.6. The zero-order chi connectivity index (χ0) is 11.5. The molecule has 0 saturated carbocycles. The molecule has 0 fully saturated rings. The molecule has 2 atom stereocenters. The van der Waals surface area contributed by atoms with Gasteiger partial charge in [-0.3, -0.25) is 0 Å². The Bertz CT molecular complexity index is 365. The Hall–Kier alpha value is -0.900. The minimum atomic E-state index is -0.651. The molecule has 0 heterocycles. The summed E-state index contributed by atoms with van der Waals surface area (Å²) in [6.45, 7) is 0.207. The average molecular weight is 220 g/mol. The molecule has 0 bridgehead atoms. The average Bonchev–Trinajstić information content (AvgIpc) is 2.36. The Morgan fingerprint density at radius 3 is 2.56 bits per heavy atom. The summed E-state index contributed by atoms with van der Waals surface area (Å²) in [6, 6.07) is 5.94. The van der Waals surface area contributed by atoms with Crippen molar-refractivity contribution in [1.29, 1.82) is 0 Å². The van der Waals surface area contributed by atoms with E-state index in [1.165, 1.54) is 30.4 Å². The van der Waals surface area contributed by atoms with Gasteiger partial charge in [0, 0.05) is 6.54 Å². The third-order valence-electron chi connectivity index (χ3n) is 3.41. The van der Waals surface area contributed by atoms with Gasteiger partial charge in [-0.15, -0.1) is 0 Å². The molecule has 1 aromatic rings. The summed E-state index contributed by atoms with van der Waals surface area (Å²) in [6.07, 6.45) is 4.19. The van der Waals surface area contributed by atoms with Gasteiger partial charge in [-0.05, 0) is 42.4 Å². The van der Waals surface area contributed by atoms with Crippen LogP contribution < -0.4 is 11.5 Å². The lowest BCUT2D eigenvalue weighted by atomic mass is 9.88. The fourth-order valence-electron chi connectivity index (χ4n) is 2.33. The van der Waals surface area contributed by atoms with Crippen molar-refractivity contribution in [3.63, 3.8) is 0 Å². The van der Waals surface area contributed by atoms with E-state index in [0.717, 1.165) is 12.0 Å². The highest BCUT2D eigenvalue weighted by Gasteiger charge is 2.17. The van der Waals surface area contributed by atoms with Crippen LogP contribution in [0.3, 0.4) is 0 Å². The van der Waals surface area contributed by atoms with Crippen LogP contribution in [0.4, 0.5) is 0 Å². The molecule has 2 rings (SSSR count). The molecular weight excluding hydrogens is 200 g/mol. The van der Waals surface area contributed by atoms with E-state index in [1.54, 1.807) is 0 Å². The highest BCUT2D eigenvalue weighted by Crippen LogP contribution is 2.25. The fourth-order valence-corrected chi connectivity index (χ4v) is 2.33. The van der Waals surface area contributed by atoms with Crippen LogP contribution in [0, 0.1) is 0 Å². The van der Waals surface area contributed by atoms with Gasteiger partial charge in [0.1, 0.15) is 0 Å². The number of fused-ring (bicyclic) bond motifs is 1. The maximum atomic E-state index is 9.63. The van der Waals surface area contributed by atoms with E-state index in [2.05, 4.69) is 12.1 Å². The van der Waals surface area contributed by atoms with Gasteiger partial charge in [-0.2, -0.15) is 0 Å². The zero-order valence-corrected chi connectivity index (χ0v) is 9.52. The Morgan fingerprint density at radius 1 is 1.19 bits per heavy atom. The van der Waals surface area contributed by atoms with Gasteiger partial charge < -0.3 is 16.6 Å². The number of hydrogen-bond acceptors (Lipinski definition) is 3. The third kappa shape index (κ3) is 2.26. The van der Waals surface area contributed by atoms with E-state index in [9.17, 15) is 5.11 Å². The summed E-state index contributed by atoms with van der Waals surface area (Å²) in [7, 11) is 0. The van der Waals surface area contributed by atoms with E-state index in [1.807, 2.05) is 6.07 Å². The predicted octanol–water partition coefficient (Wildman–Crippen LogP) is 0.885. The van der Waals surface area contributed by atoms with Gasteiger partial charge in [-0.25, -0.2) is 0 Å². The van der Waals surface area contributed by atoms with Crippen LogP contribution in [-0.4, -0.2) is 17.8 Å². The highest BCUT2D eigenvalue weighted by molar-refractivity contribution is 5.35. The second kappa shape index (κ2) is 4.95. The fraction of sp³-hybridized carbons (Fsp3) is 0.538. The molecule has 88 valence electrons. The van der Waals surface area contributed by atoms with Crippen molar-refractivity contribution in [2.24, 2.45) is 11.5 Å². The van der Waals surface area contributed by atoms with Crippen LogP contribution in [0.1, 0.15) is 35.6 Å². The Kier molecular flexibility index (Phi) is 3.59. The first-order chi connectivity index (χ1) is 7.72. The van der Waals surface area contributed by atoms with Crippen molar-refractivity contribution in [3.8, 4) is 0 Å². The zero-order valence-electron chi connectivity index (χ0n) is 9.52. The molecule has 0 spiro atoms. The monoisotopic (exact) mass is 220 g/mol. The summed E-state index contributed by atoms with van der Waals surface area (Å²) in [5.74, 6) is 0. The second-order valence-corrected chi connectivity index (χ2v) is 4.56. The van der Waals surface area contributed by atoms with Gasteiger partial charge >= 0.3 is 0 Å². The van der Waals surface area contributed by atoms with Crippen molar-refractivity contribution in [2.45, 2.75) is 37.8 Å². The number of benzene rings is 1. The topological polar surface area (TPSA) is 72.3 Å². The number of hydrogen-bond donors (Lipinski definition) is 3. The maximum Gasteiger partial charge on any atom is 0.0854 e. The van der Waals surface area contributed by atoms with E-state index in [4.69, 9.17) is 11.5 Å². The molecule has 2 unspecified atom stereocenters. The van der Waals surface area contributed by atoms with Crippen molar-refractivity contribution < 1.29 is 5.11 Å². The third-order valence-corrected chi connectivity index (χ3v) is 3.41. The molecule has 1 aromatic carbocycles. The molecule has 0 saturated heterocycles. The number of nitrogens with two attached hydrogens (primary N) is 2. The number of aryl methyl sites for hydroxylation is 2. The van der Waals surface area contributed by atoms with Gasteiger partial charge in [0.15, 0.2) is 0 Å². The largest absolute Gasteiger partial charge is 0.390 e. The Labute approximate surface area is 96.5 Å². The standard InChI is InChI=1S/C13H20N2O/c14-8-12(16)13(15)11-6-5-9-3-1-2-4-10(9)7-11/h5-7,12-13,16H,1-4,8,14-15H2. The van der Waals surface area contributed by atoms with Crippen molar-refractivity contribution in [2.75, 3.05) is 6.54 Å². The molecule has 1 aliphatic carbocycles. The predicted molar refractivity (Wildman–Crippen MR) is 65.1 cm³/mol. The van der Waals surface area contributed by atoms with Gasteiger partial charge in [0.2, 0.25) is 0 Å². The maximum absolute atomic E-state index is 9.63. The molecule has 3 heteroatoms. The van der Waals surface area contributed by atoms with E-state index in [0.29, 0.717) is 0 Å². The highest BCUT2D eigenvalue weighted by atomic mass is 16.3. The van der Waals surface area contributed by atoms with E-state index < -0.39 is 6.10 Å². The van der Waals surface area contributed by atoms with Gasteiger partial charge in [-0.1, -0.05) is 18.2 Å². The van der Waals surface area contributed by atoms with Crippen molar-refractivity contribution in [3.05, 3.63) is 34.9 Å². The summed E-state index contributed by atoms with van der Waals surface area (Å²) in [5.41, 5.74) is 15.2. The number of rotatable bonds is 3. The lowest BCUT2D eigenvalue weighted by Crippen LogP contribution is -2.32. The lowest BCUT2D eigenvalue weighted by molar-refractivity contribution is 0.153. The van der Waals surface area contributed by atoms with Gasteiger partial charge in [0.25, 0.3) is 0 Å². The molecular formula is C13H20N2O. The normalized spacial score (nSPS) is 18.9. The Balaban J connectivity index is 2.22. The van der Waals surface area contributed by atoms with E-state index in [-0.39, 0.29) is 12.6 Å².